The van der Waals surface area contributed by atoms with Gasteiger partial charge in [0.1, 0.15) is 0 Å². The van der Waals surface area contributed by atoms with Crippen LogP contribution in [-0.2, 0) is 11.2 Å². The summed E-state index contributed by atoms with van der Waals surface area (Å²) in [5.41, 5.74) is 7.36. The normalized spacial score (nSPS) is 10.4. The molecule has 3 nitrogen and oxygen atoms in total. The number of hydrogen-bond acceptors (Lipinski definition) is 3. The van der Waals surface area contributed by atoms with Crippen molar-refractivity contribution in [1.82, 2.24) is 5.32 Å². The third-order valence-electron chi connectivity index (χ3n) is 2.91. The van der Waals surface area contributed by atoms with Crippen LogP contribution in [0.4, 0.5) is 5.69 Å². The highest BCUT2D eigenvalue weighted by molar-refractivity contribution is 7.98. The molecular formula is C15H24N2OS. The predicted octanol–water partition coefficient (Wildman–Crippen LogP) is 2.85. The van der Waals surface area contributed by atoms with Gasteiger partial charge in [-0.1, -0.05) is 25.0 Å². The van der Waals surface area contributed by atoms with E-state index >= 15 is 0 Å². The smallest absolute Gasteiger partial charge is 0.224 e. The van der Waals surface area contributed by atoms with Gasteiger partial charge < -0.3 is 11.1 Å². The van der Waals surface area contributed by atoms with E-state index in [0.717, 1.165) is 18.5 Å². The van der Waals surface area contributed by atoms with Crippen LogP contribution in [0.1, 0.15) is 31.2 Å². The molecule has 1 aromatic carbocycles. The number of benzene rings is 1. The van der Waals surface area contributed by atoms with Crippen LogP contribution < -0.4 is 11.1 Å². The standard InChI is InChI=1S/C15H24N2OS/c1-19-10-5-3-2-4-9-17-15(18)12-13-7-6-8-14(16)11-13/h6-8,11H,2-5,9-10,12,16H2,1H3,(H,17,18). The molecule has 0 saturated carbocycles. The van der Waals surface area contributed by atoms with E-state index in [4.69, 9.17) is 5.73 Å². The van der Waals surface area contributed by atoms with Crippen LogP contribution in [0.5, 0.6) is 0 Å². The number of carbonyl (C=O) groups excluding carboxylic acids is 1. The van der Waals surface area contributed by atoms with Crippen LogP contribution in [0, 0.1) is 0 Å². The Hall–Kier alpha value is -1.16. The number of hydrogen-bond donors (Lipinski definition) is 2. The van der Waals surface area contributed by atoms with Gasteiger partial charge in [-0.25, -0.2) is 0 Å². The summed E-state index contributed by atoms with van der Waals surface area (Å²) in [6, 6.07) is 7.49. The maximum Gasteiger partial charge on any atom is 0.224 e. The maximum atomic E-state index is 11.7. The number of amides is 1. The highest BCUT2D eigenvalue weighted by atomic mass is 32.2. The minimum absolute atomic E-state index is 0.0784. The molecule has 1 amide bonds. The summed E-state index contributed by atoms with van der Waals surface area (Å²) in [5, 5.41) is 2.96. The molecule has 0 fully saturated rings. The molecule has 4 heteroatoms. The lowest BCUT2D eigenvalue weighted by Gasteiger charge is -2.06. The number of nitrogen functional groups attached to an aromatic ring is 1. The third-order valence-corrected chi connectivity index (χ3v) is 3.61. The Morgan fingerprint density at radius 1 is 1.26 bits per heavy atom. The molecule has 19 heavy (non-hydrogen) atoms. The summed E-state index contributed by atoms with van der Waals surface area (Å²) in [5.74, 6) is 1.32. The van der Waals surface area contributed by atoms with Gasteiger partial charge in [-0.15, -0.1) is 0 Å². The predicted molar refractivity (Wildman–Crippen MR) is 84.4 cm³/mol. The van der Waals surface area contributed by atoms with Gasteiger partial charge in [0.25, 0.3) is 0 Å². The summed E-state index contributed by atoms with van der Waals surface area (Å²) in [7, 11) is 0. The molecule has 0 spiro atoms. The van der Waals surface area contributed by atoms with Crippen LogP contribution in [0.25, 0.3) is 0 Å². The number of unbranched alkanes of at least 4 members (excludes halogenated alkanes) is 3. The second kappa shape index (κ2) is 9.73. The summed E-state index contributed by atoms with van der Waals surface area (Å²) < 4.78 is 0. The first-order chi connectivity index (χ1) is 9.22. The lowest BCUT2D eigenvalue weighted by Crippen LogP contribution is -2.26. The lowest BCUT2D eigenvalue weighted by atomic mass is 10.1. The third kappa shape index (κ3) is 7.78. The minimum atomic E-state index is 0.0784. The number of thioether (sulfide) groups is 1. The summed E-state index contributed by atoms with van der Waals surface area (Å²) in [6.45, 7) is 0.778. The Labute approximate surface area is 120 Å². The van der Waals surface area contributed by atoms with Gasteiger partial charge >= 0.3 is 0 Å². The minimum Gasteiger partial charge on any atom is -0.399 e. The fraction of sp³-hybridized carbons (Fsp3) is 0.533. The second-order valence-corrected chi connectivity index (χ2v) is 5.66. The Balaban J connectivity index is 2.08. The molecule has 0 heterocycles. The van der Waals surface area contributed by atoms with Crippen molar-refractivity contribution in [2.45, 2.75) is 32.1 Å². The number of carbonyl (C=O) groups is 1. The zero-order valence-electron chi connectivity index (χ0n) is 11.7. The molecule has 106 valence electrons. The first-order valence-electron chi connectivity index (χ1n) is 6.82. The average molecular weight is 280 g/mol. The highest BCUT2D eigenvalue weighted by Crippen LogP contribution is 2.07. The van der Waals surface area contributed by atoms with Crippen molar-refractivity contribution in [3.8, 4) is 0 Å². The fourth-order valence-corrected chi connectivity index (χ4v) is 2.40. The van der Waals surface area contributed by atoms with Crippen molar-refractivity contribution in [2.75, 3.05) is 24.3 Å². The largest absolute Gasteiger partial charge is 0.399 e. The van der Waals surface area contributed by atoms with Crippen molar-refractivity contribution in [3.63, 3.8) is 0 Å². The molecule has 0 aliphatic rings. The lowest BCUT2D eigenvalue weighted by molar-refractivity contribution is -0.120. The molecule has 0 aliphatic heterocycles. The van der Waals surface area contributed by atoms with Gasteiger partial charge in [-0.3, -0.25) is 4.79 Å². The van der Waals surface area contributed by atoms with Crippen LogP contribution in [-0.4, -0.2) is 24.5 Å². The molecule has 1 rings (SSSR count). The zero-order chi connectivity index (χ0) is 13.9. The summed E-state index contributed by atoms with van der Waals surface area (Å²) in [6.07, 6.45) is 7.34. The van der Waals surface area contributed by atoms with Crippen LogP contribution in [0.2, 0.25) is 0 Å². The van der Waals surface area contributed by atoms with Crippen LogP contribution >= 0.6 is 11.8 Å². The average Bonchev–Trinajstić information content (AvgIpc) is 2.37. The summed E-state index contributed by atoms with van der Waals surface area (Å²) in [4.78, 5) is 11.7. The van der Waals surface area contributed by atoms with E-state index in [1.165, 1.54) is 25.0 Å². The first-order valence-corrected chi connectivity index (χ1v) is 8.22. The number of anilines is 1. The van der Waals surface area contributed by atoms with Gasteiger partial charge in [-0.05, 0) is 42.5 Å². The van der Waals surface area contributed by atoms with Gasteiger partial charge in [0.2, 0.25) is 5.91 Å². The van der Waals surface area contributed by atoms with E-state index in [0.29, 0.717) is 12.1 Å². The molecular weight excluding hydrogens is 256 g/mol. The highest BCUT2D eigenvalue weighted by Gasteiger charge is 2.02. The van der Waals surface area contributed by atoms with E-state index < -0.39 is 0 Å². The van der Waals surface area contributed by atoms with Gasteiger partial charge in [0, 0.05) is 12.2 Å². The Morgan fingerprint density at radius 2 is 2.05 bits per heavy atom. The zero-order valence-corrected chi connectivity index (χ0v) is 12.5. The van der Waals surface area contributed by atoms with Crippen LogP contribution in [0.15, 0.2) is 24.3 Å². The molecule has 0 saturated heterocycles. The van der Waals surface area contributed by atoms with Crippen molar-refractivity contribution in [2.24, 2.45) is 0 Å². The molecule has 0 atom stereocenters. The monoisotopic (exact) mass is 280 g/mol. The number of rotatable bonds is 9. The first kappa shape index (κ1) is 15.9. The van der Waals surface area contributed by atoms with Gasteiger partial charge in [-0.2, -0.15) is 11.8 Å². The maximum absolute atomic E-state index is 11.7. The number of nitrogens with one attached hydrogen (secondary N) is 1. The molecule has 0 unspecified atom stereocenters. The van der Waals surface area contributed by atoms with Gasteiger partial charge in [0.05, 0.1) is 6.42 Å². The Kier molecular flexibility index (Phi) is 8.14. The van der Waals surface area contributed by atoms with Crippen LogP contribution in [0.3, 0.4) is 0 Å². The van der Waals surface area contributed by atoms with Crippen molar-refractivity contribution >= 4 is 23.4 Å². The fourth-order valence-electron chi connectivity index (χ4n) is 1.90. The van der Waals surface area contributed by atoms with E-state index in [-0.39, 0.29) is 5.91 Å². The van der Waals surface area contributed by atoms with Crippen molar-refractivity contribution in [3.05, 3.63) is 29.8 Å². The Bertz CT molecular complexity index is 382. The van der Waals surface area contributed by atoms with E-state index in [1.807, 2.05) is 36.0 Å². The summed E-state index contributed by atoms with van der Waals surface area (Å²) >= 11 is 1.89. The van der Waals surface area contributed by atoms with Crippen molar-refractivity contribution < 1.29 is 4.79 Å². The van der Waals surface area contributed by atoms with E-state index in [9.17, 15) is 4.79 Å². The number of nitrogens with two attached hydrogens (primary N) is 1. The van der Waals surface area contributed by atoms with Gasteiger partial charge in [0.15, 0.2) is 0 Å². The molecule has 1 aromatic rings. The molecule has 3 N–H and O–H groups in total. The molecule has 0 bridgehead atoms. The molecule has 0 aliphatic carbocycles. The topological polar surface area (TPSA) is 55.1 Å². The quantitative estimate of drug-likeness (QED) is 0.540. The Morgan fingerprint density at radius 3 is 2.79 bits per heavy atom. The second-order valence-electron chi connectivity index (χ2n) is 4.68. The van der Waals surface area contributed by atoms with E-state index in [2.05, 4.69) is 11.6 Å². The SMILES string of the molecule is CSCCCCCCNC(=O)Cc1cccc(N)c1. The van der Waals surface area contributed by atoms with Crippen molar-refractivity contribution in [1.29, 1.82) is 0 Å². The molecule has 0 aromatic heterocycles. The van der Waals surface area contributed by atoms with E-state index in [1.54, 1.807) is 0 Å². The molecule has 0 radical (unpaired) electrons.